The number of anilines is 1. The Morgan fingerprint density at radius 1 is 1.25 bits per heavy atom. The zero-order valence-corrected chi connectivity index (χ0v) is 11.6. The van der Waals surface area contributed by atoms with E-state index in [4.69, 9.17) is 10.2 Å². The summed E-state index contributed by atoms with van der Waals surface area (Å²) >= 11 is 1.38. The summed E-state index contributed by atoms with van der Waals surface area (Å²) in [6, 6.07) is 12.9. The van der Waals surface area contributed by atoms with E-state index in [1.54, 1.807) is 12.1 Å². The number of rotatable bonds is 3. The van der Waals surface area contributed by atoms with Crippen LogP contribution in [0.1, 0.15) is 17.3 Å². The van der Waals surface area contributed by atoms with Crippen molar-refractivity contribution < 1.29 is 9.21 Å². The quantitative estimate of drug-likeness (QED) is 0.585. The van der Waals surface area contributed by atoms with Crippen LogP contribution >= 0.6 is 11.8 Å². The van der Waals surface area contributed by atoms with E-state index in [1.165, 1.54) is 18.7 Å². The third kappa shape index (κ3) is 2.40. The highest BCUT2D eigenvalue weighted by molar-refractivity contribution is 7.99. The molecule has 0 bridgehead atoms. The number of benzene rings is 2. The van der Waals surface area contributed by atoms with Crippen LogP contribution in [0.15, 0.2) is 57.0 Å². The van der Waals surface area contributed by atoms with Crippen LogP contribution in [0.4, 0.5) is 5.69 Å². The van der Waals surface area contributed by atoms with Crippen LogP contribution in [0.2, 0.25) is 0 Å². The Balaban J connectivity index is 1.90. The zero-order valence-electron chi connectivity index (χ0n) is 10.8. The molecule has 0 fully saturated rings. The van der Waals surface area contributed by atoms with Crippen molar-refractivity contribution in [3.05, 3.63) is 48.0 Å². The number of hydrogen-bond donors (Lipinski definition) is 1. The molecule has 1 heterocycles. The second-order valence-corrected chi connectivity index (χ2v) is 5.38. The van der Waals surface area contributed by atoms with E-state index in [2.05, 4.69) is 4.98 Å². The standard InChI is InChI=1S/C15H12N2O2S/c1-9(18)11-7-6-10(8-12(11)16)20-15-17-13-4-2-3-5-14(13)19-15/h2-8H,16H2,1H3. The average molecular weight is 284 g/mol. The normalized spacial score (nSPS) is 10.8. The predicted molar refractivity (Wildman–Crippen MR) is 79.0 cm³/mol. The highest BCUT2D eigenvalue weighted by Crippen LogP contribution is 2.31. The van der Waals surface area contributed by atoms with Gasteiger partial charge in [0.05, 0.1) is 0 Å². The number of fused-ring (bicyclic) bond motifs is 1. The number of carbonyl (C=O) groups is 1. The molecule has 20 heavy (non-hydrogen) atoms. The van der Waals surface area contributed by atoms with Gasteiger partial charge < -0.3 is 10.2 Å². The topological polar surface area (TPSA) is 69.1 Å². The van der Waals surface area contributed by atoms with Crippen molar-refractivity contribution in [1.82, 2.24) is 4.98 Å². The van der Waals surface area contributed by atoms with Crippen LogP contribution in [-0.2, 0) is 0 Å². The minimum Gasteiger partial charge on any atom is -0.431 e. The van der Waals surface area contributed by atoms with Gasteiger partial charge in [0.2, 0.25) is 0 Å². The molecule has 0 saturated heterocycles. The molecule has 3 aromatic rings. The highest BCUT2D eigenvalue weighted by atomic mass is 32.2. The van der Waals surface area contributed by atoms with Crippen LogP contribution in [0, 0.1) is 0 Å². The van der Waals surface area contributed by atoms with Gasteiger partial charge in [-0.25, -0.2) is 4.98 Å². The number of para-hydroxylation sites is 2. The molecule has 5 heteroatoms. The van der Waals surface area contributed by atoms with Crippen LogP contribution in [0.25, 0.3) is 11.1 Å². The Labute approximate surface area is 120 Å². The van der Waals surface area contributed by atoms with Crippen LogP contribution in [0.5, 0.6) is 0 Å². The van der Waals surface area contributed by atoms with Gasteiger partial charge in [-0.3, -0.25) is 4.79 Å². The van der Waals surface area contributed by atoms with Gasteiger partial charge in [-0.1, -0.05) is 12.1 Å². The molecule has 0 aliphatic rings. The maximum Gasteiger partial charge on any atom is 0.261 e. The van der Waals surface area contributed by atoms with Crippen molar-refractivity contribution in [3.63, 3.8) is 0 Å². The van der Waals surface area contributed by atoms with Crippen molar-refractivity contribution in [1.29, 1.82) is 0 Å². The summed E-state index contributed by atoms with van der Waals surface area (Å²) in [4.78, 5) is 16.6. The Morgan fingerprint density at radius 3 is 2.75 bits per heavy atom. The average Bonchev–Trinajstić information content (AvgIpc) is 2.80. The predicted octanol–water partition coefficient (Wildman–Crippen LogP) is 3.76. The molecule has 2 aromatic carbocycles. The number of nitrogens with zero attached hydrogens (tertiary/aromatic N) is 1. The van der Waals surface area contributed by atoms with Gasteiger partial charge in [-0.2, -0.15) is 0 Å². The molecule has 1 aromatic heterocycles. The molecular weight excluding hydrogens is 272 g/mol. The molecule has 0 amide bonds. The molecule has 0 atom stereocenters. The molecule has 2 N–H and O–H groups in total. The summed E-state index contributed by atoms with van der Waals surface area (Å²) in [6.45, 7) is 1.50. The first-order valence-corrected chi connectivity index (χ1v) is 6.89. The summed E-state index contributed by atoms with van der Waals surface area (Å²) < 4.78 is 5.63. The Kier molecular flexibility index (Phi) is 3.20. The fraction of sp³-hybridized carbons (Fsp3) is 0.0667. The number of hydrogen-bond acceptors (Lipinski definition) is 5. The maximum atomic E-state index is 11.3. The fourth-order valence-electron chi connectivity index (χ4n) is 1.92. The lowest BCUT2D eigenvalue weighted by atomic mass is 10.1. The first-order valence-electron chi connectivity index (χ1n) is 6.07. The number of nitrogen functional groups attached to an aromatic ring is 1. The summed E-state index contributed by atoms with van der Waals surface area (Å²) in [5.41, 5.74) is 8.45. The van der Waals surface area contributed by atoms with E-state index < -0.39 is 0 Å². The van der Waals surface area contributed by atoms with E-state index >= 15 is 0 Å². The smallest absolute Gasteiger partial charge is 0.261 e. The number of Topliss-reactive ketones (excluding diaryl/α,β-unsaturated/α-hetero) is 1. The fourth-order valence-corrected chi connectivity index (χ4v) is 2.72. The van der Waals surface area contributed by atoms with Gasteiger partial charge in [0.1, 0.15) is 5.52 Å². The second kappa shape index (κ2) is 5.02. The van der Waals surface area contributed by atoms with Gasteiger partial charge in [-0.15, -0.1) is 0 Å². The van der Waals surface area contributed by atoms with Gasteiger partial charge in [0.15, 0.2) is 11.4 Å². The van der Waals surface area contributed by atoms with Crippen molar-refractivity contribution in [2.45, 2.75) is 17.0 Å². The maximum absolute atomic E-state index is 11.3. The van der Waals surface area contributed by atoms with Gasteiger partial charge >= 0.3 is 0 Å². The molecule has 0 aliphatic carbocycles. The Bertz CT molecular complexity index is 762. The number of oxazole rings is 1. The van der Waals surface area contributed by atoms with E-state index in [-0.39, 0.29) is 5.78 Å². The molecule has 3 rings (SSSR count). The van der Waals surface area contributed by atoms with Crippen molar-refractivity contribution in [3.8, 4) is 0 Å². The number of carbonyl (C=O) groups excluding carboxylic acids is 1. The largest absolute Gasteiger partial charge is 0.431 e. The molecular formula is C15H12N2O2S. The summed E-state index contributed by atoms with van der Waals surface area (Å²) in [6.07, 6.45) is 0. The molecule has 0 aliphatic heterocycles. The van der Waals surface area contributed by atoms with Crippen molar-refractivity contribution in [2.75, 3.05) is 5.73 Å². The SMILES string of the molecule is CC(=O)c1ccc(Sc2nc3ccccc3o2)cc1N. The van der Waals surface area contributed by atoms with E-state index in [9.17, 15) is 4.79 Å². The van der Waals surface area contributed by atoms with E-state index in [0.29, 0.717) is 16.5 Å². The van der Waals surface area contributed by atoms with Gasteiger partial charge in [0, 0.05) is 16.1 Å². The van der Waals surface area contributed by atoms with Crippen LogP contribution < -0.4 is 5.73 Å². The minimum atomic E-state index is -0.0408. The summed E-state index contributed by atoms with van der Waals surface area (Å²) in [5.74, 6) is -0.0408. The first kappa shape index (κ1) is 12.7. The molecule has 0 saturated carbocycles. The molecule has 100 valence electrons. The third-order valence-corrected chi connectivity index (χ3v) is 3.72. The molecule has 0 radical (unpaired) electrons. The summed E-state index contributed by atoms with van der Waals surface area (Å²) in [7, 11) is 0. The Hall–Kier alpha value is -2.27. The zero-order chi connectivity index (χ0) is 14.1. The lowest BCUT2D eigenvalue weighted by Gasteiger charge is -2.03. The lowest BCUT2D eigenvalue weighted by Crippen LogP contribution is -1.99. The van der Waals surface area contributed by atoms with Crippen LogP contribution in [0.3, 0.4) is 0 Å². The van der Waals surface area contributed by atoms with Gasteiger partial charge in [0.25, 0.3) is 5.22 Å². The number of ketones is 1. The molecule has 4 nitrogen and oxygen atoms in total. The van der Waals surface area contributed by atoms with E-state index in [1.807, 2.05) is 30.3 Å². The molecule has 0 spiro atoms. The highest BCUT2D eigenvalue weighted by Gasteiger charge is 2.10. The monoisotopic (exact) mass is 284 g/mol. The minimum absolute atomic E-state index is 0.0408. The third-order valence-electron chi connectivity index (χ3n) is 2.88. The first-order chi connectivity index (χ1) is 9.63. The van der Waals surface area contributed by atoms with E-state index in [0.717, 1.165) is 16.0 Å². The lowest BCUT2D eigenvalue weighted by molar-refractivity contribution is 0.101. The van der Waals surface area contributed by atoms with Gasteiger partial charge in [-0.05, 0) is 49.0 Å². The summed E-state index contributed by atoms with van der Waals surface area (Å²) in [5, 5.41) is 0.557. The second-order valence-electron chi connectivity index (χ2n) is 4.35. The van der Waals surface area contributed by atoms with Crippen LogP contribution in [-0.4, -0.2) is 10.8 Å². The Morgan fingerprint density at radius 2 is 2.05 bits per heavy atom. The van der Waals surface area contributed by atoms with Crippen molar-refractivity contribution >= 4 is 34.3 Å². The number of nitrogens with two attached hydrogens (primary N) is 1. The number of aromatic nitrogens is 1. The van der Waals surface area contributed by atoms with Crippen molar-refractivity contribution in [2.24, 2.45) is 0 Å². The molecule has 0 unspecified atom stereocenters.